The molecule has 0 radical (unpaired) electrons. The SMILES string of the molecule is CCCC/C=C/CCCCC/C=C/C=C=CCCCC(=O)O. The van der Waals surface area contributed by atoms with E-state index in [9.17, 15) is 4.79 Å². The molecule has 124 valence electrons. The molecule has 0 bridgehead atoms. The Balaban J connectivity index is 3.38. The predicted molar refractivity (Wildman–Crippen MR) is 95.0 cm³/mol. The van der Waals surface area contributed by atoms with E-state index in [0.29, 0.717) is 6.42 Å². The first-order valence-electron chi connectivity index (χ1n) is 8.70. The van der Waals surface area contributed by atoms with E-state index in [0.717, 1.165) is 12.8 Å². The molecule has 0 aliphatic rings. The lowest BCUT2D eigenvalue weighted by atomic mass is 10.1. The van der Waals surface area contributed by atoms with Gasteiger partial charge in [-0.15, -0.1) is 5.73 Å². The molecule has 2 heteroatoms. The topological polar surface area (TPSA) is 37.3 Å². The summed E-state index contributed by atoms with van der Waals surface area (Å²) in [6, 6.07) is 0. The molecule has 0 spiro atoms. The molecule has 0 rings (SSSR count). The van der Waals surface area contributed by atoms with Gasteiger partial charge in [-0.3, -0.25) is 4.79 Å². The molecular weight excluding hydrogens is 272 g/mol. The Labute approximate surface area is 136 Å². The fraction of sp³-hybridized carbons (Fsp3) is 0.600. The number of allylic oxidation sites excluding steroid dienone is 5. The number of carboxylic acid groups (broad SMARTS) is 1. The van der Waals surface area contributed by atoms with Crippen molar-refractivity contribution in [3.63, 3.8) is 0 Å². The Hall–Kier alpha value is -1.53. The number of hydrogen-bond donors (Lipinski definition) is 1. The van der Waals surface area contributed by atoms with Crippen LogP contribution in [0.4, 0.5) is 0 Å². The fourth-order valence-electron chi connectivity index (χ4n) is 1.99. The molecule has 0 aliphatic heterocycles. The lowest BCUT2D eigenvalue weighted by Crippen LogP contribution is -1.92. The molecule has 0 aliphatic carbocycles. The zero-order valence-electron chi connectivity index (χ0n) is 14.1. The summed E-state index contributed by atoms with van der Waals surface area (Å²) in [5.74, 6) is -0.728. The van der Waals surface area contributed by atoms with Crippen LogP contribution in [0.25, 0.3) is 0 Å². The Kier molecular flexibility index (Phi) is 16.3. The summed E-state index contributed by atoms with van der Waals surface area (Å²) in [5, 5.41) is 8.48. The summed E-state index contributed by atoms with van der Waals surface area (Å²) in [6.45, 7) is 2.23. The molecule has 0 fully saturated rings. The molecule has 0 saturated heterocycles. The Morgan fingerprint density at radius 3 is 2.27 bits per heavy atom. The van der Waals surface area contributed by atoms with Gasteiger partial charge in [0, 0.05) is 6.42 Å². The smallest absolute Gasteiger partial charge is 0.303 e. The van der Waals surface area contributed by atoms with Crippen molar-refractivity contribution in [1.29, 1.82) is 0 Å². The van der Waals surface area contributed by atoms with Crippen LogP contribution in [0.3, 0.4) is 0 Å². The zero-order chi connectivity index (χ0) is 16.3. The minimum Gasteiger partial charge on any atom is -0.481 e. The average molecular weight is 304 g/mol. The molecule has 0 saturated carbocycles. The number of aliphatic carboxylic acids is 1. The minimum atomic E-state index is -0.728. The molecule has 2 nitrogen and oxygen atoms in total. The van der Waals surface area contributed by atoms with E-state index in [2.05, 4.69) is 30.9 Å². The lowest BCUT2D eigenvalue weighted by molar-refractivity contribution is -0.137. The molecule has 0 unspecified atom stereocenters. The predicted octanol–water partition coefficient (Wildman–Crippen LogP) is 6.21. The third kappa shape index (κ3) is 18.5. The molecule has 0 aromatic carbocycles. The highest BCUT2D eigenvalue weighted by atomic mass is 16.4. The first-order valence-corrected chi connectivity index (χ1v) is 8.70. The molecule has 1 N–H and O–H groups in total. The fourth-order valence-corrected chi connectivity index (χ4v) is 1.99. The van der Waals surface area contributed by atoms with Gasteiger partial charge in [0.1, 0.15) is 0 Å². The van der Waals surface area contributed by atoms with Crippen molar-refractivity contribution in [1.82, 2.24) is 0 Å². The molecule has 22 heavy (non-hydrogen) atoms. The van der Waals surface area contributed by atoms with E-state index in [-0.39, 0.29) is 6.42 Å². The van der Waals surface area contributed by atoms with Gasteiger partial charge in [-0.1, -0.05) is 50.5 Å². The first kappa shape index (κ1) is 20.5. The van der Waals surface area contributed by atoms with Gasteiger partial charge < -0.3 is 5.11 Å². The first-order chi connectivity index (χ1) is 10.8. The van der Waals surface area contributed by atoms with E-state index in [1.807, 2.05) is 18.2 Å². The van der Waals surface area contributed by atoms with Gasteiger partial charge in [0.05, 0.1) is 0 Å². The van der Waals surface area contributed by atoms with Gasteiger partial charge in [-0.05, 0) is 57.1 Å². The van der Waals surface area contributed by atoms with Gasteiger partial charge in [0.2, 0.25) is 0 Å². The van der Waals surface area contributed by atoms with Crippen LogP contribution >= 0.6 is 0 Å². The maximum atomic E-state index is 10.3. The van der Waals surface area contributed by atoms with Crippen molar-refractivity contribution in [2.45, 2.75) is 77.6 Å². The molecule has 0 aromatic rings. The number of carboxylic acids is 1. The Bertz CT molecular complexity index is 371. The van der Waals surface area contributed by atoms with Crippen molar-refractivity contribution in [2.75, 3.05) is 0 Å². The van der Waals surface area contributed by atoms with Crippen molar-refractivity contribution in [3.05, 3.63) is 42.2 Å². The van der Waals surface area contributed by atoms with Crippen molar-refractivity contribution < 1.29 is 9.90 Å². The second-order valence-corrected chi connectivity index (χ2v) is 5.50. The summed E-state index contributed by atoms with van der Waals surface area (Å²) >= 11 is 0. The highest BCUT2D eigenvalue weighted by Crippen LogP contribution is 2.05. The van der Waals surface area contributed by atoms with Crippen molar-refractivity contribution in [3.8, 4) is 0 Å². The maximum Gasteiger partial charge on any atom is 0.303 e. The van der Waals surface area contributed by atoms with Gasteiger partial charge in [0.25, 0.3) is 0 Å². The Morgan fingerprint density at radius 1 is 0.909 bits per heavy atom. The Morgan fingerprint density at radius 2 is 1.59 bits per heavy atom. The quantitative estimate of drug-likeness (QED) is 0.179. The summed E-state index contributed by atoms with van der Waals surface area (Å²) < 4.78 is 0. The largest absolute Gasteiger partial charge is 0.481 e. The third-order valence-corrected chi connectivity index (χ3v) is 3.32. The van der Waals surface area contributed by atoms with Crippen LogP contribution in [0.2, 0.25) is 0 Å². The van der Waals surface area contributed by atoms with Gasteiger partial charge in [-0.25, -0.2) is 0 Å². The van der Waals surface area contributed by atoms with E-state index in [4.69, 9.17) is 5.11 Å². The van der Waals surface area contributed by atoms with Gasteiger partial charge in [-0.2, -0.15) is 0 Å². The van der Waals surface area contributed by atoms with Crippen molar-refractivity contribution in [2.24, 2.45) is 0 Å². The molecule has 0 heterocycles. The monoisotopic (exact) mass is 304 g/mol. The summed E-state index contributed by atoms with van der Waals surface area (Å²) in [6.07, 6.45) is 24.3. The van der Waals surface area contributed by atoms with Crippen LogP contribution in [0.15, 0.2) is 42.2 Å². The molecule has 0 aromatic heterocycles. The second kappa shape index (κ2) is 17.5. The van der Waals surface area contributed by atoms with Crippen LogP contribution in [0.5, 0.6) is 0 Å². The number of carbonyl (C=O) groups is 1. The highest BCUT2D eigenvalue weighted by molar-refractivity contribution is 5.66. The van der Waals surface area contributed by atoms with E-state index in [1.54, 1.807) is 0 Å². The van der Waals surface area contributed by atoms with E-state index >= 15 is 0 Å². The lowest BCUT2D eigenvalue weighted by Gasteiger charge is -1.95. The molecule has 0 amide bonds. The average Bonchev–Trinajstić information content (AvgIpc) is 2.50. The van der Waals surface area contributed by atoms with E-state index < -0.39 is 5.97 Å². The van der Waals surface area contributed by atoms with Gasteiger partial charge in [0.15, 0.2) is 0 Å². The second-order valence-electron chi connectivity index (χ2n) is 5.50. The summed E-state index contributed by atoms with van der Waals surface area (Å²) in [7, 11) is 0. The number of rotatable bonds is 14. The van der Waals surface area contributed by atoms with Crippen LogP contribution < -0.4 is 0 Å². The van der Waals surface area contributed by atoms with Crippen LogP contribution in [-0.4, -0.2) is 11.1 Å². The zero-order valence-corrected chi connectivity index (χ0v) is 14.1. The van der Waals surface area contributed by atoms with Crippen LogP contribution in [0.1, 0.15) is 77.6 Å². The summed E-state index contributed by atoms with van der Waals surface area (Å²) in [5.41, 5.74) is 3.06. The third-order valence-electron chi connectivity index (χ3n) is 3.32. The minimum absolute atomic E-state index is 0.238. The normalized spacial score (nSPS) is 11.0. The van der Waals surface area contributed by atoms with Crippen LogP contribution in [-0.2, 0) is 4.79 Å². The molecule has 0 atom stereocenters. The van der Waals surface area contributed by atoms with Crippen LogP contribution in [0, 0.1) is 0 Å². The maximum absolute atomic E-state index is 10.3. The standard InChI is InChI=1S/C20H32O2/c1-2-3-4-5-6-7-8-9-10-11-12-13-14-15-16-17-18-19-20(21)22/h5-6,12-14,16H,2-4,7-11,17-19H2,1H3,(H,21,22)/b6-5+,13-12+. The van der Waals surface area contributed by atoms with Crippen molar-refractivity contribution >= 4 is 5.97 Å². The molecular formula is C20H32O2. The number of hydrogen-bond acceptors (Lipinski definition) is 1. The number of unbranched alkanes of at least 4 members (excludes halogenated alkanes) is 7. The highest BCUT2D eigenvalue weighted by Gasteiger charge is 1.92. The van der Waals surface area contributed by atoms with E-state index in [1.165, 1.54) is 44.9 Å². The summed E-state index contributed by atoms with van der Waals surface area (Å²) in [4.78, 5) is 10.3. The van der Waals surface area contributed by atoms with Gasteiger partial charge >= 0.3 is 5.97 Å².